The minimum atomic E-state index is 0.0137. The van der Waals surface area contributed by atoms with Gasteiger partial charge in [-0.15, -0.1) is 0 Å². The van der Waals surface area contributed by atoms with Gasteiger partial charge in [-0.2, -0.15) is 0 Å². The zero-order valence-electron chi connectivity index (χ0n) is 22.3. The van der Waals surface area contributed by atoms with Gasteiger partial charge in [0, 0.05) is 33.5 Å². The molecule has 0 saturated heterocycles. The van der Waals surface area contributed by atoms with Gasteiger partial charge in [0.2, 0.25) is 0 Å². The number of benzene rings is 2. The largest absolute Gasteiger partial charge is 0.302 e. The summed E-state index contributed by atoms with van der Waals surface area (Å²) in [6.07, 6.45) is 3.48. The lowest BCUT2D eigenvalue weighted by molar-refractivity contribution is 0.249. The first-order valence-corrected chi connectivity index (χ1v) is 13.3. The van der Waals surface area contributed by atoms with Gasteiger partial charge in [0.05, 0.1) is 11.4 Å². The quantitative estimate of drug-likeness (QED) is 0.386. The highest BCUT2D eigenvalue weighted by Gasteiger charge is 2.54. The molecule has 0 fully saturated rings. The van der Waals surface area contributed by atoms with Crippen LogP contribution in [0, 0.1) is 5.92 Å². The van der Waals surface area contributed by atoms with Crippen molar-refractivity contribution in [1.82, 2.24) is 9.97 Å². The number of para-hydroxylation sites is 2. The van der Waals surface area contributed by atoms with Crippen molar-refractivity contribution in [2.45, 2.75) is 90.1 Å². The van der Waals surface area contributed by atoms with Gasteiger partial charge in [-0.3, -0.25) is 0 Å². The van der Waals surface area contributed by atoms with Crippen LogP contribution in [0.25, 0.3) is 0 Å². The Kier molecular flexibility index (Phi) is 4.72. The van der Waals surface area contributed by atoms with Gasteiger partial charge >= 0.3 is 0 Å². The summed E-state index contributed by atoms with van der Waals surface area (Å²) in [6.45, 7) is 16.5. The summed E-state index contributed by atoms with van der Waals surface area (Å²) in [7, 11) is 0. The molecule has 0 bridgehead atoms. The van der Waals surface area contributed by atoms with Crippen LogP contribution in [0.3, 0.4) is 0 Å². The molecule has 35 heavy (non-hydrogen) atoms. The summed E-state index contributed by atoms with van der Waals surface area (Å²) in [5.41, 5.74) is 6.33. The van der Waals surface area contributed by atoms with Crippen molar-refractivity contribution in [3.8, 4) is 0 Å². The molecule has 6 rings (SSSR count). The topological polar surface area (TPSA) is 32.3 Å². The summed E-state index contributed by atoms with van der Waals surface area (Å²) in [5, 5.41) is 0. The molecule has 0 amide bonds. The van der Waals surface area contributed by atoms with Crippen LogP contribution in [-0.4, -0.2) is 16.1 Å². The third-order valence-electron chi connectivity index (χ3n) is 9.50. The predicted octanol–water partition coefficient (Wildman–Crippen LogP) is 7.76. The first kappa shape index (κ1) is 22.6. The monoisotopic (exact) mass is 466 g/mol. The van der Waals surface area contributed by atoms with Crippen LogP contribution in [0.5, 0.6) is 0 Å². The van der Waals surface area contributed by atoms with E-state index in [4.69, 9.17) is 9.97 Å². The molecule has 2 aromatic carbocycles. The van der Waals surface area contributed by atoms with Crippen molar-refractivity contribution < 1.29 is 0 Å². The number of fused-ring (bicyclic) bond motifs is 6. The molecule has 3 heterocycles. The Morgan fingerprint density at radius 1 is 0.771 bits per heavy atom. The maximum atomic E-state index is 5.53. The second-order valence-corrected chi connectivity index (χ2v) is 12.4. The highest BCUT2D eigenvalue weighted by molar-refractivity contribution is 5.86. The van der Waals surface area contributed by atoms with E-state index in [9.17, 15) is 0 Å². The number of hydrogen-bond acceptors (Lipinski definition) is 4. The molecule has 0 radical (unpaired) electrons. The van der Waals surface area contributed by atoms with Crippen molar-refractivity contribution in [3.63, 3.8) is 0 Å². The third-order valence-corrected chi connectivity index (χ3v) is 9.50. The number of aromatic nitrogens is 2. The Morgan fingerprint density at radius 2 is 1.31 bits per heavy atom. The second kappa shape index (κ2) is 7.32. The Labute approximate surface area is 210 Å². The second-order valence-electron chi connectivity index (χ2n) is 12.4. The lowest BCUT2D eigenvalue weighted by Crippen LogP contribution is -2.54. The molecular weight excluding hydrogens is 428 g/mol. The molecule has 4 nitrogen and oxygen atoms in total. The van der Waals surface area contributed by atoms with Crippen molar-refractivity contribution in [1.29, 1.82) is 0 Å². The molecule has 0 saturated carbocycles. The minimum Gasteiger partial charge on any atom is -0.302 e. The third kappa shape index (κ3) is 2.98. The fourth-order valence-corrected chi connectivity index (χ4v) is 6.73. The number of nitrogens with zero attached hydrogens (tertiary/aromatic N) is 4. The van der Waals surface area contributed by atoms with E-state index in [0.717, 1.165) is 30.9 Å². The average Bonchev–Trinajstić information content (AvgIpc) is 3.20. The fourth-order valence-electron chi connectivity index (χ4n) is 6.73. The highest BCUT2D eigenvalue weighted by Crippen LogP contribution is 2.58. The van der Waals surface area contributed by atoms with Gasteiger partial charge in [0.1, 0.15) is 6.17 Å². The van der Waals surface area contributed by atoms with Gasteiger partial charge in [0.25, 0.3) is 0 Å². The molecule has 1 aromatic heterocycles. The maximum absolute atomic E-state index is 5.53. The summed E-state index contributed by atoms with van der Waals surface area (Å²) < 4.78 is 0. The molecule has 3 aromatic rings. The maximum Gasteiger partial charge on any atom is 0.178 e. The summed E-state index contributed by atoms with van der Waals surface area (Å²) in [5.74, 6) is 2.39. The Balaban J connectivity index is 1.68. The van der Waals surface area contributed by atoms with E-state index >= 15 is 0 Å². The minimum absolute atomic E-state index is 0.0137. The summed E-state index contributed by atoms with van der Waals surface area (Å²) in [6, 6.07) is 19.8. The average molecular weight is 467 g/mol. The SMILES string of the molecule is CCC1(C)c2ccccc2N2c3nc4c(nc3N(c3ccccc3)C2C1C)C(C)(C)CCC4(C)C. The van der Waals surface area contributed by atoms with Gasteiger partial charge in [-0.25, -0.2) is 9.97 Å². The zero-order valence-corrected chi connectivity index (χ0v) is 22.3. The molecule has 3 atom stereocenters. The van der Waals surface area contributed by atoms with Crippen LogP contribution in [0.4, 0.5) is 23.0 Å². The van der Waals surface area contributed by atoms with E-state index < -0.39 is 0 Å². The zero-order chi connectivity index (χ0) is 24.8. The van der Waals surface area contributed by atoms with Crippen LogP contribution < -0.4 is 9.80 Å². The Bertz CT molecular complexity index is 1290. The molecule has 0 N–H and O–H groups in total. The van der Waals surface area contributed by atoms with Crippen molar-refractivity contribution in [2.75, 3.05) is 9.80 Å². The normalized spacial score (nSPS) is 27.6. The summed E-state index contributed by atoms with van der Waals surface area (Å²) >= 11 is 0. The van der Waals surface area contributed by atoms with Crippen LogP contribution in [0.15, 0.2) is 54.6 Å². The number of anilines is 4. The first-order chi connectivity index (χ1) is 16.6. The fraction of sp³-hybridized carbons (Fsp3) is 0.484. The number of hydrogen-bond donors (Lipinski definition) is 0. The van der Waals surface area contributed by atoms with Crippen LogP contribution in [0.1, 0.15) is 84.7 Å². The van der Waals surface area contributed by atoms with E-state index in [-0.39, 0.29) is 22.4 Å². The van der Waals surface area contributed by atoms with Crippen LogP contribution >= 0.6 is 0 Å². The molecule has 0 spiro atoms. The van der Waals surface area contributed by atoms with Crippen molar-refractivity contribution in [2.24, 2.45) is 5.92 Å². The van der Waals surface area contributed by atoms with E-state index in [2.05, 4.69) is 113 Å². The molecule has 3 unspecified atom stereocenters. The van der Waals surface area contributed by atoms with E-state index in [1.54, 1.807) is 0 Å². The van der Waals surface area contributed by atoms with Gasteiger partial charge in [-0.1, -0.05) is 84.9 Å². The van der Waals surface area contributed by atoms with Gasteiger partial charge in [-0.05, 0) is 43.0 Å². The van der Waals surface area contributed by atoms with Crippen molar-refractivity contribution in [3.05, 3.63) is 71.5 Å². The van der Waals surface area contributed by atoms with E-state index in [1.165, 1.54) is 28.3 Å². The summed E-state index contributed by atoms with van der Waals surface area (Å²) in [4.78, 5) is 16.0. The van der Waals surface area contributed by atoms with Gasteiger partial charge < -0.3 is 9.80 Å². The standard InChI is InChI=1S/C31H38N4/c1-8-31(7)20(2)28-34(21-14-10-9-11-15-21)26-27(35(28)23-17-13-12-16-22(23)31)33-25-24(32-26)29(3,4)18-19-30(25,5)6/h9-17,20,28H,8,18-19H2,1-7H3. The van der Waals surface area contributed by atoms with Crippen LogP contribution in [0.2, 0.25) is 0 Å². The van der Waals surface area contributed by atoms with E-state index in [0.29, 0.717) is 5.92 Å². The molecule has 2 aliphatic heterocycles. The van der Waals surface area contributed by atoms with Crippen molar-refractivity contribution >= 4 is 23.0 Å². The Hall–Kier alpha value is -2.88. The van der Waals surface area contributed by atoms with E-state index in [1.807, 2.05) is 0 Å². The Morgan fingerprint density at radius 3 is 1.91 bits per heavy atom. The predicted molar refractivity (Wildman–Crippen MR) is 145 cm³/mol. The molecule has 1 aliphatic carbocycles. The first-order valence-electron chi connectivity index (χ1n) is 13.3. The lowest BCUT2D eigenvalue weighted by atomic mass is 9.66. The van der Waals surface area contributed by atoms with Crippen LogP contribution in [-0.2, 0) is 16.2 Å². The lowest BCUT2D eigenvalue weighted by Gasteiger charge is -2.50. The smallest absolute Gasteiger partial charge is 0.178 e. The molecule has 4 heteroatoms. The highest BCUT2D eigenvalue weighted by atomic mass is 15.5. The number of rotatable bonds is 2. The molecular formula is C31H38N4. The molecule has 182 valence electrons. The van der Waals surface area contributed by atoms with Gasteiger partial charge in [0.15, 0.2) is 11.6 Å². The molecule has 3 aliphatic rings.